The number of benzene rings is 2. The molecule has 3 aromatic rings. The van der Waals surface area contributed by atoms with Gasteiger partial charge in [-0.05, 0) is 49.1 Å². The molecular formula is C28H38N4O3. The van der Waals surface area contributed by atoms with Crippen LogP contribution in [0.15, 0.2) is 54.7 Å². The van der Waals surface area contributed by atoms with Crippen LogP contribution >= 0.6 is 0 Å². The van der Waals surface area contributed by atoms with E-state index in [1.807, 2.05) is 51.2 Å². The number of methoxy groups -OCH3 is 1. The Morgan fingerprint density at radius 1 is 1.03 bits per heavy atom. The second-order valence-corrected chi connectivity index (χ2v) is 9.20. The standard InChI is InChI=1S/C28H38N4O3/c1-6-21(2)32(28(34)20-35-5)19-27(33)31(18-22-11-13-24(14-12-22)30(3)4)16-15-23-17-29-26-10-8-7-9-25(23)26/h7-14,17,21,29H,6,15-16,18-20H2,1-5H3. The molecule has 1 N–H and O–H groups in total. The maximum atomic E-state index is 13.6. The zero-order valence-corrected chi connectivity index (χ0v) is 21.6. The number of nitrogens with zero attached hydrogens (tertiary/aromatic N) is 3. The molecule has 188 valence electrons. The Labute approximate surface area is 208 Å². The topological polar surface area (TPSA) is 68.9 Å². The molecule has 7 nitrogen and oxygen atoms in total. The third kappa shape index (κ3) is 6.85. The third-order valence-corrected chi connectivity index (χ3v) is 6.52. The first-order chi connectivity index (χ1) is 16.8. The summed E-state index contributed by atoms with van der Waals surface area (Å²) in [6, 6.07) is 16.4. The summed E-state index contributed by atoms with van der Waals surface area (Å²) < 4.78 is 5.06. The third-order valence-electron chi connectivity index (χ3n) is 6.52. The first-order valence-electron chi connectivity index (χ1n) is 12.2. The Hall–Kier alpha value is -3.32. The highest BCUT2D eigenvalue weighted by atomic mass is 16.5. The Morgan fingerprint density at radius 2 is 1.74 bits per heavy atom. The minimum atomic E-state index is -0.165. The number of para-hydroxylation sites is 1. The number of fused-ring (bicyclic) bond motifs is 1. The van der Waals surface area contributed by atoms with E-state index in [0.29, 0.717) is 13.1 Å². The summed E-state index contributed by atoms with van der Waals surface area (Å²) in [6.07, 6.45) is 3.51. The highest BCUT2D eigenvalue weighted by Crippen LogP contribution is 2.20. The van der Waals surface area contributed by atoms with Crippen LogP contribution in [0.25, 0.3) is 10.9 Å². The first kappa shape index (κ1) is 26.3. The Bertz CT molecular complexity index is 1110. The van der Waals surface area contributed by atoms with Crippen molar-refractivity contribution in [3.8, 4) is 0 Å². The van der Waals surface area contributed by atoms with E-state index in [-0.39, 0.29) is 31.0 Å². The lowest BCUT2D eigenvalue weighted by Crippen LogP contribution is -2.47. The molecule has 1 heterocycles. The number of H-pyrrole nitrogens is 1. The summed E-state index contributed by atoms with van der Waals surface area (Å²) in [5.74, 6) is -0.228. The molecule has 35 heavy (non-hydrogen) atoms. The molecule has 0 aliphatic heterocycles. The average Bonchev–Trinajstić information content (AvgIpc) is 3.28. The zero-order chi connectivity index (χ0) is 25.4. The monoisotopic (exact) mass is 478 g/mol. The molecule has 3 rings (SSSR count). The number of aromatic nitrogens is 1. The molecule has 0 saturated heterocycles. The second kappa shape index (κ2) is 12.4. The first-order valence-corrected chi connectivity index (χ1v) is 12.2. The van der Waals surface area contributed by atoms with Gasteiger partial charge in [0.15, 0.2) is 0 Å². The summed E-state index contributed by atoms with van der Waals surface area (Å²) in [5.41, 5.74) is 4.43. The van der Waals surface area contributed by atoms with Crippen LogP contribution in [0, 0.1) is 0 Å². The van der Waals surface area contributed by atoms with Crippen molar-refractivity contribution in [3.05, 3.63) is 65.9 Å². The molecule has 1 atom stereocenters. The van der Waals surface area contributed by atoms with Crippen molar-refractivity contribution in [2.75, 3.05) is 45.8 Å². The molecule has 2 amide bonds. The molecule has 1 unspecified atom stereocenters. The fraction of sp³-hybridized carbons (Fsp3) is 0.429. The molecule has 0 bridgehead atoms. The van der Waals surface area contributed by atoms with Gasteiger partial charge in [0.2, 0.25) is 11.8 Å². The SMILES string of the molecule is CCC(C)N(CC(=O)N(CCc1c[nH]c2ccccc12)Cc1ccc(N(C)C)cc1)C(=O)COC. The minimum absolute atomic E-state index is 0.0288. The van der Waals surface area contributed by atoms with Crippen LogP contribution < -0.4 is 4.90 Å². The van der Waals surface area contributed by atoms with Crippen LogP contribution in [-0.2, 0) is 27.3 Å². The number of carbonyl (C=O) groups is 2. The highest BCUT2D eigenvalue weighted by Gasteiger charge is 2.25. The number of hydrogen-bond acceptors (Lipinski definition) is 4. The van der Waals surface area contributed by atoms with Gasteiger partial charge in [0.05, 0.1) is 0 Å². The highest BCUT2D eigenvalue weighted by molar-refractivity contribution is 5.86. The maximum Gasteiger partial charge on any atom is 0.249 e. The van der Waals surface area contributed by atoms with E-state index >= 15 is 0 Å². The Morgan fingerprint density at radius 3 is 2.40 bits per heavy atom. The van der Waals surface area contributed by atoms with Crippen molar-refractivity contribution in [2.45, 2.75) is 39.3 Å². The van der Waals surface area contributed by atoms with Gasteiger partial charge in [-0.25, -0.2) is 0 Å². The zero-order valence-electron chi connectivity index (χ0n) is 21.6. The van der Waals surface area contributed by atoms with Gasteiger partial charge in [-0.2, -0.15) is 0 Å². The molecular weight excluding hydrogens is 440 g/mol. The van der Waals surface area contributed by atoms with Gasteiger partial charge in [-0.15, -0.1) is 0 Å². The molecule has 0 fully saturated rings. The van der Waals surface area contributed by atoms with E-state index in [0.717, 1.165) is 29.6 Å². The predicted molar refractivity (Wildman–Crippen MR) is 142 cm³/mol. The lowest BCUT2D eigenvalue weighted by Gasteiger charge is -2.31. The molecule has 2 aromatic carbocycles. The van der Waals surface area contributed by atoms with Crippen LogP contribution in [0.4, 0.5) is 5.69 Å². The van der Waals surface area contributed by atoms with E-state index in [4.69, 9.17) is 4.74 Å². The fourth-order valence-corrected chi connectivity index (χ4v) is 4.17. The number of hydrogen-bond donors (Lipinski definition) is 1. The van der Waals surface area contributed by atoms with Crippen LogP contribution in [-0.4, -0.2) is 73.5 Å². The van der Waals surface area contributed by atoms with Gasteiger partial charge in [-0.3, -0.25) is 9.59 Å². The number of rotatable bonds is 12. The molecule has 0 radical (unpaired) electrons. The summed E-state index contributed by atoms with van der Waals surface area (Å²) in [7, 11) is 5.51. The molecule has 0 saturated carbocycles. The minimum Gasteiger partial charge on any atom is -0.378 e. The van der Waals surface area contributed by atoms with E-state index < -0.39 is 0 Å². The number of ether oxygens (including phenoxy) is 1. The number of anilines is 1. The number of amides is 2. The Kier molecular flexibility index (Phi) is 9.32. The van der Waals surface area contributed by atoms with Crippen LogP contribution in [0.2, 0.25) is 0 Å². The second-order valence-electron chi connectivity index (χ2n) is 9.20. The van der Waals surface area contributed by atoms with E-state index in [2.05, 4.69) is 46.3 Å². The lowest BCUT2D eigenvalue weighted by molar-refractivity contribution is -0.145. The summed E-state index contributed by atoms with van der Waals surface area (Å²) >= 11 is 0. The van der Waals surface area contributed by atoms with Crippen molar-refractivity contribution >= 4 is 28.4 Å². The maximum absolute atomic E-state index is 13.6. The number of nitrogens with one attached hydrogen (secondary N) is 1. The van der Waals surface area contributed by atoms with E-state index in [1.165, 1.54) is 18.1 Å². The quantitative estimate of drug-likeness (QED) is 0.426. The van der Waals surface area contributed by atoms with Crippen molar-refractivity contribution < 1.29 is 14.3 Å². The van der Waals surface area contributed by atoms with Gasteiger partial charge in [-0.1, -0.05) is 37.3 Å². The largest absolute Gasteiger partial charge is 0.378 e. The van der Waals surface area contributed by atoms with Crippen molar-refractivity contribution in [1.82, 2.24) is 14.8 Å². The summed E-state index contributed by atoms with van der Waals surface area (Å²) in [6.45, 7) is 5.05. The van der Waals surface area contributed by atoms with Crippen LogP contribution in [0.5, 0.6) is 0 Å². The van der Waals surface area contributed by atoms with Crippen LogP contribution in [0.3, 0.4) is 0 Å². The molecule has 7 heteroatoms. The van der Waals surface area contributed by atoms with Crippen molar-refractivity contribution in [3.63, 3.8) is 0 Å². The Balaban J connectivity index is 1.81. The number of aromatic amines is 1. The molecule has 0 spiro atoms. The van der Waals surface area contributed by atoms with Crippen molar-refractivity contribution in [2.24, 2.45) is 0 Å². The molecule has 1 aromatic heterocycles. The number of carbonyl (C=O) groups excluding carboxylic acids is 2. The summed E-state index contributed by atoms with van der Waals surface area (Å²) in [5, 5.41) is 1.17. The average molecular weight is 479 g/mol. The van der Waals surface area contributed by atoms with Gasteiger partial charge in [0.25, 0.3) is 0 Å². The van der Waals surface area contributed by atoms with Crippen LogP contribution in [0.1, 0.15) is 31.4 Å². The van der Waals surface area contributed by atoms with Gasteiger partial charge >= 0.3 is 0 Å². The molecule has 0 aliphatic rings. The smallest absolute Gasteiger partial charge is 0.249 e. The van der Waals surface area contributed by atoms with E-state index in [1.54, 1.807) is 4.90 Å². The fourth-order valence-electron chi connectivity index (χ4n) is 4.17. The normalized spacial score (nSPS) is 11.9. The van der Waals surface area contributed by atoms with E-state index in [9.17, 15) is 9.59 Å². The molecule has 0 aliphatic carbocycles. The lowest BCUT2D eigenvalue weighted by atomic mass is 10.1. The summed E-state index contributed by atoms with van der Waals surface area (Å²) in [4.78, 5) is 35.1. The van der Waals surface area contributed by atoms with Gasteiger partial charge in [0.1, 0.15) is 13.2 Å². The predicted octanol–water partition coefficient (Wildman–Crippen LogP) is 4.08. The van der Waals surface area contributed by atoms with Crippen molar-refractivity contribution in [1.29, 1.82) is 0 Å². The van der Waals surface area contributed by atoms with Gasteiger partial charge < -0.3 is 24.4 Å². The van der Waals surface area contributed by atoms with Gasteiger partial charge in [0, 0.05) is 63.1 Å².